The van der Waals surface area contributed by atoms with Crippen LogP contribution in [0.25, 0.3) is 0 Å². The molecular formula is C18H20INO4S. The Bertz CT molecular complexity index is 831. The van der Waals surface area contributed by atoms with Crippen molar-refractivity contribution in [3.8, 4) is 11.5 Å². The molecule has 0 unspecified atom stereocenters. The van der Waals surface area contributed by atoms with Crippen molar-refractivity contribution < 1.29 is 17.9 Å². The molecule has 0 bridgehead atoms. The van der Waals surface area contributed by atoms with E-state index in [9.17, 15) is 8.42 Å². The first-order chi connectivity index (χ1) is 12.0. The van der Waals surface area contributed by atoms with Crippen LogP contribution in [-0.4, -0.2) is 21.6 Å². The minimum atomic E-state index is -3.65. The van der Waals surface area contributed by atoms with Crippen molar-refractivity contribution in [3.63, 3.8) is 0 Å². The van der Waals surface area contributed by atoms with E-state index >= 15 is 0 Å². The largest absolute Gasteiger partial charge is 0.496 e. The number of ether oxygens (including phenoxy) is 2. The lowest BCUT2D eigenvalue weighted by atomic mass is 10.3. The highest BCUT2D eigenvalue weighted by atomic mass is 127. The Morgan fingerprint density at radius 1 is 1.08 bits per heavy atom. The zero-order chi connectivity index (χ0) is 17.9. The maximum Gasteiger partial charge on any atom is 0.261 e. The van der Waals surface area contributed by atoms with Crippen molar-refractivity contribution >= 4 is 38.3 Å². The third-order valence-corrected chi connectivity index (χ3v) is 6.37. The van der Waals surface area contributed by atoms with E-state index in [1.54, 1.807) is 43.5 Å². The maximum atomic E-state index is 12.5. The molecule has 1 aliphatic rings. The highest BCUT2D eigenvalue weighted by molar-refractivity contribution is 14.1. The van der Waals surface area contributed by atoms with Gasteiger partial charge in [-0.15, -0.1) is 0 Å². The molecule has 134 valence electrons. The van der Waals surface area contributed by atoms with Crippen LogP contribution in [0.1, 0.15) is 25.7 Å². The number of hydrogen-bond donors (Lipinski definition) is 1. The third-order valence-electron chi connectivity index (χ3n) is 4.15. The predicted octanol–water partition coefficient (Wildman–Crippen LogP) is 4.42. The molecule has 0 aromatic heterocycles. The smallest absolute Gasteiger partial charge is 0.261 e. The Morgan fingerprint density at radius 2 is 1.76 bits per heavy atom. The number of sulfonamides is 1. The van der Waals surface area contributed by atoms with Crippen molar-refractivity contribution in [2.45, 2.75) is 36.7 Å². The zero-order valence-corrected chi connectivity index (χ0v) is 16.8. The van der Waals surface area contributed by atoms with Crippen LogP contribution in [0, 0.1) is 3.57 Å². The minimum absolute atomic E-state index is 0.198. The molecule has 0 atom stereocenters. The van der Waals surface area contributed by atoms with E-state index in [1.807, 2.05) is 0 Å². The van der Waals surface area contributed by atoms with Crippen molar-refractivity contribution in [1.82, 2.24) is 0 Å². The summed E-state index contributed by atoms with van der Waals surface area (Å²) in [6, 6.07) is 11.8. The van der Waals surface area contributed by atoms with Crippen LogP contribution in [0.4, 0.5) is 5.69 Å². The Kier molecular flexibility index (Phi) is 5.73. The standard InChI is InChI=1S/C18H20INO4S/c1-23-18-11-10-16(12-17(18)19)25(21,22)20-13-6-8-15(9-7-13)24-14-4-2-3-5-14/h6-12,14,20H,2-5H2,1H3. The van der Waals surface area contributed by atoms with Gasteiger partial charge in [0.15, 0.2) is 0 Å². The third kappa shape index (κ3) is 4.58. The van der Waals surface area contributed by atoms with Gasteiger partial charge in [0, 0.05) is 5.69 Å². The Labute approximate surface area is 161 Å². The predicted molar refractivity (Wildman–Crippen MR) is 106 cm³/mol. The maximum absolute atomic E-state index is 12.5. The molecular weight excluding hydrogens is 453 g/mol. The lowest BCUT2D eigenvalue weighted by Crippen LogP contribution is -2.13. The highest BCUT2D eigenvalue weighted by Crippen LogP contribution is 2.27. The van der Waals surface area contributed by atoms with Gasteiger partial charge in [0.05, 0.1) is 21.7 Å². The number of rotatable bonds is 6. The fraction of sp³-hybridized carbons (Fsp3) is 0.333. The first kappa shape index (κ1) is 18.3. The zero-order valence-electron chi connectivity index (χ0n) is 13.9. The molecule has 25 heavy (non-hydrogen) atoms. The van der Waals surface area contributed by atoms with Gasteiger partial charge in [-0.2, -0.15) is 0 Å². The van der Waals surface area contributed by atoms with Crippen LogP contribution in [0.3, 0.4) is 0 Å². The van der Waals surface area contributed by atoms with Crippen LogP contribution in [0.15, 0.2) is 47.4 Å². The first-order valence-electron chi connectivity index (χ1n) is 8.11. The van der Waals surface area contributed by atoms with Crippen molar-refractivity contribution in [2.75, 3.05) is 11.8 Å². The normalized spacial score (nSPS) is 15.1. The van der Waals surface area contributed by atoms with E-state index in [4.69, 9.17) is 9.47 Å². The minimum Gasteiger partial charge on any atom is -0.496 e. The molecule has 1 fully saturated rings. The molecule has 0 spiro atoms. The quantitative estimate of drug-likeness (QED) is 0.631. The van der Waals surface area contributed by atoms with Crippen LogP contribution in [-0.2, 0) is 10.0 Å². The second kappa shape index (κ2) is 7.82. The molecule has 0 aliphatic heterocycles. The molecule has 1 N–H and O–H groups in total. The van der Waals surface area contributed by atoms with E-state index in [-0.39, 0.29) is 11.0 Å². The van der Waals surface area contributed by atoms with Crippen molar-refractivity contribution in [2.24, 2.45) is 0 Å². The molecule has 0 radical (unpaired) electrons. The number of benzene rings is 2. The van der Waals surface area contributed by atoms with Gasteiger partial charge >= 0.3 is 0 Å². The molecule has 5 nitrogen and oxygen atoms in total. The van der Waals surface area contributed by atoms with Gasteiger partial charge in [-0.05, 0) is 90.7 Å². The van der Waals surface area contributed by atoms with E-state index < -0.39 is 10.0 Å². The second-order valence-corrected chi connectivity index (χ2v) is 8.80. The molecule has 0 heterocycles. The fourth-order valence-electron chi connectivity index (χ4n) is 2.83. The van der Waals surface area contributed by atoms with E-state index in [0.29, 0.717) is 11.4 Å². The molecule has 2 aromatic carbocycles. The summed E-state index contributed by atoms with van der Waals surface area (Å²) in [4.78, 5) is 0.198. The van der Waals surface area contributed by atoms with Crippen LogP contribution in [0.2, 0.25) is 0 Å². The summed E-state index contributed by atoms with van der Waals surface area (Å²) < 4.78 is 39.4. The summed E-state index contributed by atoms with van der Waals surface area (Å²) in [5.41, 5.74) is 0.504. The molecule has 1 saturated carbocycles. The van der Waals surface area contributed by atoms with Gasteiger partial charge in [-0.25, -0.2) is 8.42 Å². The van der Waals surface area contributed by atoms with Gasteiger partial charge in [0.1, 0.15) is 11.5 Å². The SMILES string of the molecule is COc1ccc(S(=O)(=O)Nc2ccc(OC3CCCC3)cc2)cc1I. The summed E-state index contributed by atoms with van der Waals surface area (Å²) >= 11 is 2.05. The van der Waals surface area contributed by atoms with Crippen molar-refractivity contribution in [3.05, 3.63) is 46.0 Å². The topological polar surface area (TPSA) is 64.6 Å². The number of methoxy groups -OCH3 is 1. The molecule has 7 heteroatoms. The molecule has 0 saturated heterocycles. The van der Waals surface area contributed by atoms with Crippen LogP contribution >= 0.6 is 22.6 Å². The average molecular weight is 473 g/mol. The van der Waals surface area contributed by atoms with Crippen LogP contribution in [0.5, 0.6) is 11.5 Å². The molecule has 2 aromatic rings. The number of nitrogens with one attached hydrogen (secondary N) is 1. The summed E-state index contributed by atoms with van der Waals surface area (Å²) in [7, 11) is -2.09. The monoisotopic (exact) mass is 473 g/mol. The Hall–Kier alpha value is -1.48. The first-order valence-corrected chi connectivity index (χ1v) is 10.7. The summed E-state index contributed by atoms with van der Waals surface area (Å²) in [6.07, 6.45) is 4.88. The van der Waals surface area contributed by atoms with E-state index in [1.165, 1.54) is 18.9 Å². The summed E-state index contributed by atoms with van der Waals surface area (Å²) in [6.45, 7) is 0. The Balaban J connectivity index is 1.71. The number of hydrogen-bond acceptors (Lipinski definition) is 4. The average Bonchev–Trinajstić information content (AvgIpc) is 3.09. The van der Waals surface area contributed by atoms with Crippen molar-refractivity contribution in [1.29, 1.82) is 0 Å². The number of halogens is 1. The summed E-state index contributed by atoms with van der Waals surface area (Å²) in [5.74, 6) is 1.42. The summed E-state index contributed by atoms with van der Waals surface area (Å²) in [5, 5.41) is 0. The molecule has 0 amide bonds. The van der Waals surface area contributed by atoms with Gasteiger partial charge in [0.25, 0.3) is 10.0 Å². The molecule has 1 aliphatic carbocycles. The second-order valence-electron chi connectivity index (χ2n) is 5.95. The van der Waals surface area contributed by atoms with E-state index in [2.05, 4.69) is 27.3 Å². The number of anilines is 1. The van der Waals surface area contributed by atoms with Gasteiger partial charge in [-0.3, -0.25) is 4.72 Å². The highest BCUT2D eigenvalue weighted by Gasteiger charge is 2.18. The lowest BCUT2D eigenvalue weighted by molar-refractivity contribution is 0.210. The lowest BCUT2D eigenvalue weighted by Gasteiger charge is -2.14. The van der Waals surface area contributed by atoms with E-state index in [0.717, 1.165) is 22.2 Å². The Morgan fingerprint density at radius 3 is 2.36 bits per heavy atom. The molecule has 3 rings (SSSR count). The van der Waals surface area contributed by atoms with Gasteiger partial charge < -0.3 is 9.47 Å². The van der Waals surface area contributed by atoms with Gasteiger partial charge in [0.2, 0.25) is 0 Å². The van der Waals surface area contributed by atoms with Crippen LogP contribution < -0.4 is 14.2 Å². The van der Waals surface area contributed by atoms with Gasteiger partial charge in [-0.1, -0.05) is 0 Å². The fourth-order valence-corrected chi connectivity index (χ4v) is 4.86.